The Morgan fingerprint density at radius 3 is 2.40 bits per heavy atom. The van der Waals surface area contributed by atoms with Gasteiger partial charge in [0.1, 0.15) is 0 Å². The Bertz CT molecular complexity index is 379. The van der Waals surface area contributed by atoms with Gasteiger partial charge in [-0.05, 0) is 23.6 Å². The third-order valence-electron chi connectivity index (χ3n) is 2.29. The number of benzene rings is 1. The smallest absolute Gasteiger partial charge is 0.221 e. The minimum absolute atomic E-state index is 1.04. The predicted molar refractivity (Wildman–Crippen MR) is 65.4 cm³/mol. The highest BCUT2D eigenvalue weighted by Gasteiger charge is 2.06. The van der Waals surface area contributed by atoms with E-state index in [2.05, 4.69) is 19.1 Å². The van der Waals surface area contributed by atoms with Gasteiger partial charge in [-0.15, -0.1) is 0 Å². The number of aryl methyl sites for hydroxylation is 1. The van der Waals surface area contributed by atoms with Crippen LogP contribution in [0.15, 0.2) is 30.1 Å². The van der Waals surface area contributed by atoms with E-state index in [1.165, 1.54) is 12.7 Å². The maximum absolute atomic E-state index is 11.6. The van der Waals surface area contributed by atoms with Crippen molar-refractivity contribution >= 4 is 13.4 Å². The van der Waals surface area contributed by atoms with E-state index in [1.54, 1.807) is 12.5 Å². The van der Waals surface area contributed by atoms with E-state index in [0.717, 1.165) is 12.0 Å². The fraction of sp³-hybridized carbons (Fsp3) is 0.333. The van der Waals surface area contributed by atoms with Crippen LogP contribution in [0.25, 0.3) is 6.08 Å². The molecule has 0 bridgehead atoms. The molecule has 1 aromatic carbocycles. The van der Waals surface area contributed by atoms with Crippen LogP contribution in [-0.2, 0) is 15.5 Å². The van der Waals surface area contributed by atoms with Crippen molar-refractivity contribution in [2.45, 2.75) is 13.3 Å². The highest BCUT2D eigenvalue weighted by Crippen LogP contribution is 2.43. The molecule has 1 atom stereocenters. The van der Waals surface area contributed by atoms with Gasteiger partial charge in [0.05, 0.1) is 0 Å². The van der Waals surface area contributed by atoms with Crippen molar-refractivity contribution < 1.29 is 9.09 Å². The zero-order chi connectivity index (χ0) is 11.3. The molecule has 15 heavy (non-hydrogen) atoms. The third kappa shape index (κ3) is 4.03. The second kappa shape index (κ2) is 5.29. The van der Waals surface area contributed by atoms with Gasteiger partial charge in [-0.3, -0.25) is 4.57 Å². The maximum atomic E-state index is 11.6. The molecule has 1 aromatic rings. The fourth-order valence-electron chi connectivity index (χ4n) is 1.15. The molecule has 0 saturated heterocycles. The summed E-state index contributed by atoms with van der Waals surface area (Å²) in [6, 6.07) is 8.19. The van der Waals surface area contributed by atoms with Crippen LogP contribution in [0.5, 0.6) is 0 Å². The van der Waals surface area contributed by atoms with Crippen molar-refractivity contribution in [2.75, 3.05) is 13.8 Å². The summed E-state index contributed by atoms with van der Waals surface area (Å²) in [4.78, 5) is 0. The molecule has 0 radical (unpaired) electrons. The summed E-state index contributed by atoms with van der Waals surface area (Å²) in [6.07, 6.45) is 2.87. The fourth-order valence-corrected chi connectivity index (χ4v) is 1.71. The first-order chi connectivity index (χ1) is 7.07. The Hall–Kier alpha value is -0.850. The lowest BCUT2D eigenvalue weighted by atomic mass is 10.1. The Kier molecular flexibility index (Phi) is 4.31. The van der Waals surface area contributed by atoms with Gasteiger partial charge in [-0.1, -0.05) is 31.2 Å². The Labute approximate surface area is 91.4 Å². The van der Waals surface area contributed by atoms with Gasteiger partial charge >= 0.3 is 0 Å². The van der Waals surface area contributed by atoms with Crippen molar-refractivity contribution in [2.24, 2.45) is 0 Å². The van der Waals surface area contributed by atoms with Crippen molar-refractivity contribution in [1.29, 1.82) is 0 Å². The monoisotopic (exact) mass is 224 g/mol. The summed E-state index contributed by atoms with van der Waals surface area (Å²) < 4.78 is 16.4. The zero-order valence-corrected chi connectivity index (χ0v) is 10.3. The van der Waals surface area contributed by atoms with Crippen molar-refractivity contribution in [3.63, 3.8) is 0 Å². The van der Waals surface area contributed by atoms with Crippen molar-refractivity contribution in [1.82, 2.24) is 0 Å². The van der Waals surface area contributed by atoms with Gasteiger partial charge in [0.15, 0.2) is 0 Å². The molecule has 0 aliphatic rings. The molecule has 0 aliphatic heterocycles. The van der Waals surface area contributed by atoms with Gasteiger partial charge in [0.25, 0.3) is 0 Å². The number of hydrogen-bond donors (Lipinski definition) is 0. The Balaban J connectivity index is 2.77. The molecule has 0 N–H and O–H groups in total. The quantitative estimate of drug-likeness (QED) is 0.727. The first-order valence-corrected chi connectivity index (χ1v) is 7.12. The van der Waals surface area contributed by atoms with Gasteiger partial charge < -0.3 is 4.52 Å². The Morgan fingerprint density at radius 2 is 1.93 bits per heavy atom. The number of hydrogen-bond acceptors (Lipinski definition) is 2. The summed E-state index contributed by atoms with van der Waals surface area (Å²) in [7, 11) is -1.07. The van der Waals surface area contributed by atoms with Gasteiger partial charge in [-0.2, -0.15) is 0 Å². The van der Waals surface area contributed by atoms with Crippen LogP contribution < -0.4 is 0 Å². The van der Waals surface area contributed by atoms with E-state index >= 15 is 0 Å². The second-order valence-corrected chi connectivity index (χ2v) is 5.98. The topological polar surface area (TPSA) is 26.3 Å². The molecule has 0 spiro atoms. The van der Waals surface area contributed by atoms with Crippen molar-refractivity contribution in [3.05, 3.63) is 41.2 Å². The minimum Gasteiger partial charge on any atom is -0.329 e. The standard InChI is InChI=1S/C12H17O2P/c1-4-11-5-7-12(8-6-11)9-10-15(3,13)14-2/h5-10H,4H2,1-3H3/b10-9+. The summed E-state index contributed by atoms with van der Waals surface area (Å²) >= 11 is 0. The van der Waals surface area contributed by atoms with E-state index in [9.17, 15) is 4.57 Å². The van der Waals surface area contributed by atoms with Crippen LogP contribution in [-0.4, -0.2) is 13.8 Å². The van der Waals surface area contributed by atoms with Crippen LogP contribution in [0.1, 0.15) is 18.1 Å². The number of rotatable bonds is 4. The van der Waals surface area contributed by atoms with E-state index in [-0.39, 0.29) is 0 Å². The molecule has 0 fully saturated rings. The molecular formula is C12H17O2P. The Morgan fingerprint density at radius 1 is 1.33 bits per heavy atom. The van der Waals surface area contributed by atoms with Crippen LogP contribution >= 0.6 is 7.37 Å². The average molecular weight is 224 g/mol. The molecule has 0 aromatic heterocycles. The maximum Gasteiger partial charge on any atom is 0.221 e. The second-order valence-electron chi connectivity index (χ2n) is 3.50. The van der Waals surface area contributed by atoms with E-state index in [0.29, 0.717) is 0 Å². The predicted octanol–water partition coefficient (Wildman–Crippen LogP) is 3.77. The van der Waals surface area contributed by atoms with Crippen LogP contribution in [0.4, 0.5) is 0 Å². The molecule has 1 unspecified atom stereocenters. The molecular weight excluding hydrogens is 207 g/mol. The lowest BCUT2D eigenvalue weighted by molar-refractivity contribution is 0.407. The molecule has 0 aliphatic carbocycles. The lowest BCUT2D eigenvalue weighted by Gasteiger charge is -2.03. The summed E-state index contributed by atoms with van der Waals surface area (Å²) in [5.74, 6) is 1.63. The largest absolute Gasteiger partial charge is 0.329 e. The molecule has 82 valence electrons. The van der Waals surface area contributed by atoms with Gasteiger partial charge in [0, 0.05) is 19.6 Å². The van der Waals surface area contributed by atoms with Gasteiger partial charge in [-0.25, -0.2) is 0 Å². The molecule has 0 amide bonds. The van der Waals surface area contributed by atoms with Gasteiger partial charge in [0.2, 0.25) is 7.37 Å². The lowest BCUT2D eigenvalue weighted by Crippen LogP contribution is -1.80. The SMILES string of the molecule is CCc1ccc(/C=C/P(C)(=O)OC)cc1. The minimum atomic E-state index is -2.54. The summed E-state index contributed by atoms with van der Waals surface area (Å²) in [5.41, 5.74) is 2.35. The van der Waals surface area contributed by atoms with Crippen LogP contribution in [0.3, 0.4) is 0 Å². The first kappa shape index (κ1) is 12.2. The van der Waals surface area contributed by atoms with Crippen molar-refractivity contribution in [3.8, 4) is 0 Å². The summed E-state index contributed by atoms with van der Waals surface area (Å²) in [6.45, 7) is 3.72. The normalized spacial score (nSPS) is 15.4. The summed E-state index contributed by atoms with van der Waals surface area (Å²) in [5, 5.41) is 0. The van der Waals surface area contributed by atoms with Crippen LogP contribution in [0, 0.1) is 0 Å². The highest BCUT2D eigenvalue weighted by atomic mass is 31.2. The molecule has 2 nitrogen and oxygen atoms in total. The van der Waals surface area contributed by atoms with E-state index < -0.39 is 7.37 Å². The molecule has 0 heterocycles. The molecule has 3 heteroatoms. The molecule has 1 rings (SSSR count). The van der Waals surface area contributed by atoms with E-state index in [1.807, 2.05) is 18.2 Å². The first-order valence-electron chi connectivity index (χ1n) is 4.98. The van der Waals surface area contributed by atoms with Crippen LogP contribution in [0.2, 0.25) is 0 Å². The third-order valence-corrected chi connectivity index (χ3v) is 3.70. The molecule has 0 saturated carbocycles. The zero-order valence-electron chi connectivity index (χ0n) is 9.43. The average Bonchev–Trinajstić information content (AvgIpc) is 2.27. The highest BCUT2D eigenvalue weighted by molar-refractivity contribution is 7.61. The van der Waals surface area contributed by atoms with E-state index in [4.69, 9.17) is 4.52 Å².